The van der Waals surface area contributed by atoms with Crippen molar-refractivity contribution < 1.29 is 14.3 Å². The second-order valence-corrected chi connectivity index (χ2v) is 10.0. The maximum atomic E-state index is 12.3. The maximum absolute atomic E-state index is 12.3. The van der Waals surface area contributed by atoms with Crippen molar-refractivity contribution in [3.8, 4) is 0 Å². The van der Waals surface area contributed by atoms with Crippen LogP contribution in [0.25, 0.3) is 0 Å². The number of amides is 2. The van der Waals surface area contributed by atoms with Crippen LogP contribution in [-0.4, -0.2) is 41.6 Å². The van der Waals surface area contributed by atoms with E-state index in [1.54, 1.807) is 6.92 Å². The summed E-state index contributed by atoms with van der Waals surface area (Å²) in [5.41, 5.74) is 9.36. The molecule has 1 fully saturated rings. The summed E-state index contributed by atoms with van der Waals surface area (Å²) in [6, 6.07) is 6.40. The number of nitrogens with two attached hydrogens (primary N) is 1. The molecular weight excluding hydrogens is 378 g/mol. The van der Waals surface area contributed by atoms with Gasteiger partial charge in [0.05, 0.1) is 0 Å². The number of hydrogen-bond donors (Lipinski definition) is 1. The molecule has 6 heteroatoms. The molecule has 0 radical (unpaired) electrons. The molecule has 0 bridgehead atoms. The van der Waals surface area contributed by atoms with Gasteiger partial charge in [0.15, 0.2) is 0 Å². The smallest absolute Gasteiger partial charge is 0.410 e. The summed E-state index contributed by atoms with van der Waals surface area (Å²) in [7, 11) is 0. The van der Waals surface area contributed by atoms with Crippen molar-refractivity contribution in [1.29, 1.82) is 0 Å². The van der Waals surface area contributed by atoms with Crippen LogP contribution >= 0.6 is 0 Å². The fourth-order valence-corrected chi connectivity index (χ4v) is 4.69. The van der Waals surface area contributed by atoms with Gasteiger partial charge in [-0.1, -0.05) is 19.1 Å². The van der Waals surface area contributed by atoms with Gasteiger partial charge in [-0.15, -0.1) is 0 Å². The highest BCUT2D eigenvalue weighted by Gasteiger charge is 2.36. The quantitative estimate of drug-likeness (QED) is 0.783. The number of anilines is 1. The molecule has 6 nitrogen and oxygen atoms in total. The highest BCUT2D eigenvalue weighted by Crippen LogP contribution is 2.40. The van der Waals surface area contributed by atoms with Crippen LogP contribution in [0.2, 0.25) is 0 Å². The Balaban J connectivity index is 1.67. The van der Waals surface area contributed by atoms with Crippen LogP contribution in [0, 0.1) is 11.8 Å². The Morgan fingerprint density at radius 2 is 1.80 bits per heavy atom. The van der Waals surface area contributed by atoms with Crippen LogP contribution in [0.15, 0.2) is 18.2 Å². The van der Waals surface area contributed by atoms with Crippen molar-refractivity contribution in [3.63, 3.8) is 0 Å². The Kier molecular flexibility index (Phi) is 6.46. The number of ether oxygens (including phenoxy) is 1. The topological polar surface area (TPSA) is 75.9 Å². The number of hydrogen-bond acceptors (Lipinski definition) is 4. The van der Waals surface area contributed by atoms with E-state index in [1.165, 1.54) is 5.56 Å². The van der Waals surface area contributed by atoms with E-state index < -0.39 is 5.60 Å². The van der Waals surface area contributed by atoms with Crippen molar-refractivity contribution in [2.24, 2.45) is 17.6 Å². The number of nitrogens with zero attached hydrogens (tertiary/aromatic N) is 2. The van der Waals surface area contributed by atoms with Gasteiger partial charge in [0.1, 0.15) is 5.60 Å². The van der Waals surface area contributed by atoms with E-state index in [1.807, 2.05) is 30.6 Å². The van der Waals surface area contributed by atoms with E-state index in [9.17, 15) is 9.59 Å². The summed E-state index contributed by atoms with van der Waals surface area (Å²) < 4.78 is 5.49. The lowest BCUT2D eigenvalue weighted by atomic mass is 9.81. The van der Waals surface area contributed by atoms with Gasteiger partial charge in [-0.2, -0.15) is 0 Å². The van der Waals surface area contributed by atoms with Crippen molar-refractivity contribution in [3.05, 3.63) is 29.3 Å². The number of rotatable bonds is 2. The third-order valence-corrected chi connectivity index (χ3v) is 6.58. The van der Waals surface area contributed by atoms with Crippen LogP contribution in [0.4, 0.5) is 10.5 Å². The first-order valence-corrected chi connectivity index (χ1v) is 11.1. The average molecular weight is 416 g/mol. The fraction of sp³-hybridized carbons (Fsp3) is 0.667. The van der Waals surface area contributed by atoms with Gasteiger partial charge in [0, 0.05) is 37.8 Å². The van der Waals surface area contributed by atoms with Gasteiger partial charge in [0.2, 0.25) is 5.91 Å². The standard InChI is InChI=1S/C24H37N3O3/c1-15-16(2)27(17(3)28)21-8-7-19(14-20(21)22(15)25)13-18-9-11-26(12-10-18)23(29)30-24(4,5)6/h7-8,14-16,18,22H,9-13,25H2,1-6H3/t15-,16-,22+/m0/s1. The largest absolute Gasteiger partial charge is 0.444 e. The molecule has 0 aromatic heterocycles. The second-order valence-electron chi connectivity index (χ2n) is 10.0. The Bertz CT molecular complexity index is 793. The number of piperidine rings is 1. The Morgan fingerprint density at radius 1 is 1.17 bits per heavy atom. The summed E-state index contributed by atoms with van der Waals surface area (Å²) in [4.78, 5) is 28.2. The minimum absolute atomic E-state index is 0.0600. The van der Waals surface area contributed by atoms with Gasteiger partial charge < -0.3 is 20.3 Å². The third kappa shape index (κ3) is 4.80. The van der Waals surface area contributed by atoms with E-state index in [0.717, 1.165) is 43.6 Å². The van der Waals surface area contributed by atoms with Crippen molar-refractivity contribution >= 4 is 17.7 Å². The molecule has 3 atom stereocenters. The maximum Gasteiger partial charge on any atom is 0.410 e. The van der Waals surface area contributed by atoms with Crippen molar-refractivity contribution in [2.75, 3.05) is 18.0 Å². The molecule has 2 aliphatic rings. The number of carbonyl (C=O) groups is 2. The van der Waals surface area contributed by atoms with Crippen molar-refractivity contribution in [2.45, 2.75) is 78.5 Å². The van der Waals surface area contributed by atoms with Gasteiger partial charge in [-0.25, -0.2) is 4.79 Å². The molecule has 1 aromatic carbocycles. The first-order valence-electron chi connectivity index (χ1n) is 11.1. The fourth-order valence-electron chi connectivity index (χ4n) is 4.69. The van der Waals surface area contributed by atoms with E-state index in [-0.39, 0.29) is 30.0 Å². The van der Waals surface area contributed by atoms with Gasteiger partial charge in [0.25, 0.3) is 0 Å². The molecule has 1 saturated heterocycles. The first kappa shape index (κ1) is 22.6. The summed E-state index contributed by atoms with van der Waals surface area (Å²) in [5, 5.41) is 0. The lowest BCUT2D eigenvalue weighted by molar-refractivity contribution is -0.117. The molecule has 0 unspecified atom stereocenters. The van der Waals surface area contributed by atoms with E-state index >= 15 is 0 Å². The lowest BCUT2D eigenvalue weighted by Crippen LogP contribution is -2.48. The summed E-state index contributed by atoms with van der Waals surface area (Å²) in [5.74, 6) is 0.792. The normalized spacial score (nSPS) is 25.1. The van der Waals surface area contributed by atoms with E-state index in [4.69, 9.17) is 10.5 Å². The zero-order valence-corrected chi connectivity index (χ0v) is 19.3. The summed E-state index contributed by atoms with van der Waals surface area (Å²) in [6.07, 6.45) is 2.69. The van der Waals surface area contributed by atoms with E-state index in [2.05, 4.69) is 32.0 Å². The molecule has 0 spiro atoms. The highest BCUT2D eigenvalue weighted by atomic mass is 16.6. The minimum atomic E-state index is -0.460. The van der Waals surface area contributed by atoms with Crippen LogP contribution in [0.3, 0.4) is 0 Å². The second kappa shape index (κ2) is 8.58. The summed E-state index contributed by atoms with van der Waals surface area (Å²) >= 11 is 0. The van der Waals surface area contributed by atoms with Gasteiger partial charge in [-0.05, 0) is 76.0 Å². The molecular formula is C24H37N3O3. The highest BCUT2D eigenvalue weighted by molar-refractivity contribution is 5.93. The minimum Gasteiger partial charge on any atom is -0.444 e. The molecule has 166 valence electrons. The molecule has 2 aliphatic heterocycles. The molecule has 2 heterocycles. The molecule has 0 aliphatic carbocycles. The third-order valence-electron chi connectivity index (χ3n) is 6.58. The Labute approximate surface area is 180 Å². The number of carbonyl (C=O) groups excluding carboxylic acids is 2. The predicted octanol–water partition coefficient (Wildman–Crippen LogP) is 4.27. The Morgan fingerprint density at radius 3 is 2.37 bits per heavy atom. The molecule has 2 N–H and O–H groups in total. The van der Waals surface area contributed by atoms with Gasteiger partial charge in [-0.3, -0.25) is 4.79 Å². The molecule has 2 amide bonds. The molecule has 0 saturated carbocycles. The molecule has 3 rings (SSSR count). The van der Waals surface area contributed by atoms with Crippen LogP contribution in [0.5, 0.6) is 0 Å². The Hall–Kier alpha value is -2.08. The summed E-state index contributed by atoms with van der Waals surface area (Å²) in [6.45, 7) is 13.0. The predicted molar refractivity (Wildman–Crippen MR) is 119 cm³/mol. The van der Waals surface area contributed by atoms with Gasteiger partial charge >= 0.3 is 6.09 Å². The lowest BCUT2D eigenvalue weighted by Gasteiger charge is -2.42. The number of likely N-dealkylation sites (tertiary alicyclic amines) is 1. The van der Waals surface area contributed by atoms with Crippen LogP contribution in [-0.2, 0) is 16.0 Å². The van der Waals surface area contributed by atoms with Crippen molar-refractivity contribution in [1.82, 2.24) is 4.90 Å². The number of benzene rings is 1. The zero-order valence-electron chi connectivity index (χ0n) is 19.3. The van der Waals surface area contributed by atoms with Crippen LogP contribution < -0.4 is 10.6 Å². The average Bonchev–Trinajstić information content (AvgIpc) is 2.66. The monoisotopic (exact) mass is 415 g/mol. The zero-order chi connectivity index (χ0) is 22.2. The molecule has 1 aromatic rings. The number of fused-ring (bicyclic) bond motifs is 1. The first-order chi connectivity index (χ1) is 14.0. The SMILES string of the molecule is CC(=O)N1c2ccc(CC3CCN(C(=O)OC(C)(C)C)CC3)cc2[C@H](N)[C@@H](C)[C@@H]1C. The molecule has 30 heavy (non-hydrogen) atoms. The van der Waals surface area contributed by atoms with Crippen LogP contribution in [0.1, 0.15) is 71.6 Å². The van der Waals surface area contributed by atoms with E-state index in [0.29, 0.717) is 5.92 Å².